The van der Waals surface area contributed by atoms with Crippen molar-refractivity contribution >= 4 is 58.4 Å². The lowest BCUT2D eigenvalue weighted by Gasteiger charge is -2.13. The summed E-state index contributed by atoms with van der Waals surface area (Å²) in [5.74, 6) is -0.342. The summed E-state index contributed by atoms with van der Waals surface area (Å²) in [5.41, 5.74) is 16.3. The van der Waals surface area contributed by atoms with Crippen molar-refractivity contribution in [1.29, 1.82) is 0 Å². The minimum atomic E-state index is -0.610. The minimum absolute atomic E-state index is 0. The molecule has 2 unspecified atom stereocenters. The second-order valence-electron chi connectivity index (χ2n) is 8.63. The van der Waals surface area contributed by atoms with E-state index in [1.807, 2.05) is 60.9 Å². The third-order valence-electron chi connectivity index (χ3n) is 6.11. The highest BCUT2D eigenvalue weighted by Gasteiger charge is 2.17. The largest absolute Gasteiger partial charge is 0.361 e. The van der Waals surface area contributed by atoms with Gasteiger partial charge in [-0.25, -0.2) is 0 Å². The van der Waals surface area contributed by atoms with E-state index in [1.54, 1.807) is 0 Å². The third-order valence-corrected chi connectivity index (χ3v) is 6.11. The standard InChI is InChI=1S/C26H32N6O2.2ClH/c27-21(13-17-15-31-23-9-3-1-7-19(17)23)25(33)29-11-5-6-12-30-26(34)22(28)14-18-16-32-24-10-4-2-8-20(18)24;;/h1-4,7-10,15-16,21-22,31-32H,5-6,11-14,27-28H2,(H,29,33)(H,30,34);2*1H. The Bertz CT molecular complexity index is 1170. The molecule has 0 radical (unpaired) electrons. The molecular formula is C26H34Cl2N6O2. The number of benzene rings is 2. The predicted octanol–water partition coefficient (Wildman–Crippen LogP) is 2.95. The molecule has 0 aliphatic carbocycles. The molecular weight excluding hydrogens is 499 g/mol. The van der Waals surface area contributed by atoms with Gasteiger partial charge < -0.3 is 32.1 Å². The first-order valence-corrected chi connectivity index (χ1v) is 11.7. The molecule has 0 spiro atoms. The van der Waals surface area contributed by atoms with Gasteiger partial charge in [-0.1, -0.05) is 36.4 Å². The van der Waals surface area contributed by atoms with E-state index in [9.17, 15) is 9.59 Å². The summed E-state index contributed by atoms with van der Waals surface area (Å²) in [6, 6.07) is 14.7. The van der Waals surface area contributed by atoms with Crippen LogP contribution >= 0.6 is 24.8 Å². The highest BCUT2D eigenvalue weighted by atomic mass is 35.5. The number of rotatable bonds is 11. The van der Waals surface area contributed by atoms with Crippen LogP contribution in [0.3, 0.4) is 0 Å². The van der Waals surface area contributed by atoms with Crippen LogP contribution in [0.5, 0.6) is 0 Å². The maximum absolute atomic E-state index is 12.3. The van der Waals surface area contributed by atoms with Crippen LogP contribution < -0.4 is 22.1 Å². The Balaban J connectivity index is 0.00000228. The van der Waals surface area contributed by atoms with Crippen LogP contribution in [-0.2, 0) is 22.4 Å². The smallest absolute Gasteiger partial charge is 0.237 e. The van der Waals surface area contributed by atoms with Gasteiger partial charge in [0.25, 0.3) is 0 Å². The average Bonchev–Trinajstić information content (AvgIpc) is 3.45. The molecule has 0 aliphatic rings. The van der Waals surface area contributed by atoms with Crippen molar-refractivity contribution in [2.75, 3.05) is 13.1 Å². The van der Waals surface area contributed by atoms with E-state index in [4.69, 9.17) is 11.5 Å². The minimum Gasteiger partial charge on any atom is -0.361 e. The molecule has 2 aromatic carbocycles. The van der Waals surface area contributed by atoms with E-state index in [0.717, 1.165) is 45.8 Å². The lowest BCUT2D eigenvalue weighted by molar-refractivity contribution is -0.123. The molecule has 0 bridgehead atoms. The summed E-state index contributed by atoms with van der Waals surface area (Å²) in [7, 11) is 0. The zero-order valence-corrected chi connectivity index (χ0v) is 21.6. The molecule has 2 heterocycles. The number of H-pyrrole nitrogens is 2. The van der Waals surface area contributed by atoms with Crippen molar-refractivity contribution in [3.8, 4) is 0 Å². The Morgan fingerprint density at radius 2 is 1.08 bits per heavy atom. The molecule has 0 saturated carbocycles. The molecule has 4 rings (SSSR count). The van der Waals surface area contributed by atoms with Gasteiger partial charge in [0.05, 0.1) is 12.1 Å². The van der Waals surface area contributed by atoms with Gasteiger partial charge in [0.2, 0.25) is 11.8 Å². The highest BCUT2D eigenvalue weighted by molar-refractivity contribution is 5.87. The maximum atomic E-state index is 12.3. The number of aromatic nitrogens is 2. The first-order chi connectivity index (χ1) is 16.5. The summed E-state index contributed by atoms with van der Waals surface area (Å²) < 4.78 is 0. The molecule has 0 aliphatic heterocycles. The number of fused-ring (bicyclic) bond motifs is 2. The third kappa shape index (κ3) is 7.24. The second-order valence-corrected chi connectivity index (χ2v) is 8.63. The Morgan fingerprint density at radius 3 is 1.50 bits per heavy atom. The van der Waals surface area contributed by atoms with Crippen LogP contribution in [0.15, 0.2) is 60.9 Å². The number of carbonyl (C=O) groups excluding carboxylic acids is 2. The zero-order chi connectivity index (χ0) is 23.9. The number of hydrogen-bond donors (Lipinski definition) is 6. The molecule has 2 aromatic heterocycles. The fourth-order valence-corrected chi connectivity index (χ4v) is 4.20. The zero-order valence-electron chi connectivity index (χ0n) is 20.0. The Morgan fingerprint density at radius 1 is 0.694 bits per heavy atom. The lowest BCUT2D eigenvalue weighted by Crippen LogP contribution is -2.43. The number of unbranched alkanes of at least 4 members (excludes halogenated alkanes) is 1. The van der Waals surface area contributed by atoms with Crippen molar-refractivity contribution in [3.05, 3.63) is 72.1 Å². The summed E-state index contributed by atoms with van der Waals surface area (Å²) in [6.07, 6.45) is 6.24. The number of aromatic amines is 2. The van der Waals surface area contributed by atoms with Crippen molar-refractivity contribution in [3.63, 3.8) is 0 Å². The van der Waals surface area contributed by atoms with E-state index >= 15 is 0 Å². The molecule has 0 saturated heterocycles. The van der Waals surface area contributed by atoms with Crippen LogP contribution in [-0.4, -0.2) is 47.0 Å². The second kappa shape index (κ2) is 13.9. The van der Waals surface area contributed by atoms with Crippen molar-refractivity contribution in [2.45, 2.75) is 37.8 Å². The normalized spacial score (nSPS) is 12.4. The molecule has 4 aromatic rings. The Labute approximate surface area is 222 Å². The summed E-state index contributed by atoms with van der Waals surface area (Å²) in [6.45, 7) is 1.02. The number of para-hydroxylation sites is 2. The number of nitrogens with one attached hydrogen (secondary N) is 4. The predicted molar refractivity (Wildman–Crippen MR) is 150 cm³/mol. The molecule has 8 nitrogen and oxygen atoms in total. The first-order valence-electron chi connectivity index (χ1n) is 11.7. The molecule has 36 heavy (non-hydrogen) atoms. The maximum Gasteiger partial charge on any atom is 0.237 e. The Kier molecular flexibility index (Phi) is 11.3. The fourth-order valence-electron chi connectivity index (χ4n) is 4.20. The topological polar surface area (TPSA) is 142 Å². The SMILES string of the molecule is Cl.Cl.NC(Cc1c[nH]c2ccccc12)C(=O)NCCCCNC(=O)C(N)Cc1c[nH]c2ccccc12. The lowest BCUT2D eigenvalue weighted by atomic mass is 10.0. The van der Waals surface area contributed by atoms with Gasteiger partial charge in [-0.15, -0.1) is 24.8 Å². The Hall–Kier alpha value is -3.04. The van der Waals surface area contributed by atoms with E-state index in [1.165, 1.54) is 0 Å². The van der Waals surface area contributed by atoms with E-state index < -0.39 is 12.1 Å². The summed E-state index contributed by atoms with van der Waals surface area (Å²) >= 11 is 0. The van der Waals surface area contributed by atoms with Gasteiger partial charge in [0.15, 0.2) is 0 Å². The van der Waals surface area contributed by atoms with Gasteiger partial charge >= 0.3 is 0 Å². The number of carbonyl (C=O) groups is 2. The number of nitrogens with two attached hydrogens (primary N) is 2. The fraction of sp³-hybridized carbons (Fsp3) is 0.308. The van der Waals surface area contributed by atoms with E-state index in [-0.39, 0.29) is 36.6 Å². The first kappa shape index (κ1) is 29.2. The molecule has 8 N–H and O–H groups in total. The average molecular weight is 534 g/mol. The van der Waals surface area contributed by atoms with Crippen molar-refractivity contribution in [1.82, 2.24) is 20.6 Å². The van der Waals surface area contributed by atoms with E-state index in [2.05, 4.69) is 20.6 Å². The van der Waals surface area contributed by atoms with E-state index in [0.29, 0.717) is 25.9 Å². The monoisotopic (exact) mass is 532 g/mol. The summed E-state index contributed by atoms with van der Waals surface area (Å²) in [5, 5.41) is 7.95. The van der Waals surface area contributed by atoms with Crippen molar-refractivity contribution < 1.29 is 9.59 Å². The molecule has 0 fully saturated rings. The number of amides is 2. The van der Waals surface area contributed by atoms with Gasteiger partial charge in [-0.3, -0.25) is 9.59 Å². The van der Waals surface area contributed by atoms with Crippen LogP contribution in [0.25, 0.3) is 21.8 Å². The summed E-state index contributed by atoms with van der Waals surface area (Å²) in [4.78, 5) is 31.1. The van der Waals surface area contributed by atoms with Gasteiger partial charge in [0, 0.05) is 47.3 Å². The van der Waals surface area contributed by atoms with Gasteiger partial charge in [-0.2, -0.15) is 0 Å². The van der Waals surface area contributed by atoms with Crippen LogP contribution in [0.2, 0.25) is 0 Å². The van der Waals surface area contributed by atoms with Crippen LogP contribution in [0.1, 0.15) is 24.0 Å². The van der Waals surface area contributed by atoms with Gasteiger partial charge in [-0.05, 0) is 48.9 Å². The quantitative estimate of drug-likeness (QED) is 0.165. The van der Waals surface area contributed by atoms with Crippen LogP contribution in [0.4, 0.5) is 0 Å². The molecule has 2 atom stereocenters. The molecule has 194 valence electrons. The van der Waals surface area contributed by atoms with Crippen molar-refractivity contribution in [2.24, 2.45) is 11.5 Å². The number of hydrogen-bond acceptors (Lipinski definition) is 4. The highest BCUT2D eigenvalue weighted by Crippen LogP contribution is 2.19. The molecule has 10 heteroatoms. The van der Waals surface area contributed by atoms with Crippen LogP contribution in [0, 0.1) is 0 Å². The number of halogens is 2. The molecule has 2 amide bonds. The van der Waals surface area contributed by atoms with Gasteiger partial charge in [0.1, 0.15) is 0 Å².